The number of hydrogen-bond donors (Lipinski definition) is 1. The minimum atomic E-state index is -1.35. The van der Waals surface area contributed by atoms with Crippen molar-refractivity contribution in [1.29, 1.82) is 0 Å². The zero-order valence-corrected chi connectivity index (χ0v) is 23.1. The van der Waals surface area contributed by atoms with Crippen molar-refractivity contribution in [2.75, 3.05) is 0 Å². The van der Waals surface area contributed by atoms with E-state index in [4.69, 9.17) is 14.5 Å². The van der Waals surface area contributed by atoms with E-state index in [9.17, 15) is 14.3 Å². The first kappa shape index (κ1) is 27.5. The maximum absolute atomic E-state index is 14.4. The Kier molecular flexibility index (Phi) is 7.95. The smallest absolute Gasteiger partial charge is 0.338 e. The van der Waals surface area contributed by atoms with Gasteiger partial charge >= 0.3 is 5.97 Å². The number of benzene rings is 5. The first-order chi connectivity index (χ1) is 21.1. The van der Waals surface area contributed by atoms with Crippen molar-refractivity contribution in [3.05, 3.63) is 156 Å². The van der Waals surface area contributed by atoms with Crippen LogP contribution in [0.15, 0.2) is 134 Å². The van der Waals surface area contributed by atoms with E-state index in [0.717, 1.165) is 22.8 Å². The molecule has 0 aliphatic heterocycles. The number of para-hydroxylation sites is 2. The number of aromatic carboxylic acids is 1. The molecule has 0 amide bonds. The van der Waals surface area contributed by atoms with Gasteiger partial charge in [0.1, 0.15) is 36.4 Å². The Labute approximate surface area is 248 Å². The van der Waals surface area contributed by atoms with Crippen molar-refractivity contribution in [2.45, 2.75) is 13.2 Å². The maximum atomic E-state index is 14.4. The van der Waals surface area contributed by atoms with Crippen LogP contribution in [-0.2, 0) is 13.2 Å². The number of nitrogens with zero attached hydrogens (tertiary/aromatic N) is 2. The average molecular weight is 571 g/mol. The summed E-state index contributed by atoms with van der Waals surface area (Å²) < 4.78 is 28.6. The fourth-order valence-electron chi connectivity index (χ4n) is 4.78. The number of ether oxygens (including phenoxy) is 2. The van der Waals surface area contributed by atoms with E-state index in [-0.39, 0.29) is 0 Å². The molecule has 0 aliphatic carbocycles. The van der Waals surface area contributed by atoms with E-state index in [1.165, 1.54) is 12.1 Å². The second kappa shape index (κ2) is 12.4. The molecule has 0 saturated carbocycles. The van der Waals surface area contributed by atoms with Gasteiger partial charge in [-0.3, -0.25) is 4.57 Å². The summed E-state index contributed by atoms with van der Waals surface area (Å²) in [5.41, 5.74) is 4.08. The van der Waals surface area contributed by atoms with Gasteiger partial charge in [-0.15, -0.1) is 0 Å². The highest BCUT2D eigenvalue weighted by Gasteiger charge is 2.20. The molecule has 0 fully saturated rings. The fraction of sp³-hybridized carbons (Fsp3) is 0.0556. The second-order valence-electron chi connectivity index (χ2n) is 9.83. The number of rotatable bonds is 10. The molecule has 1 aromatic heterocycles. The summed E-state index contributed by atoms with van der Waals surface area (Å²) in [6.07, 6.45) is 1.80. The summed E-state index contributed by atoms with van der Waals surface area (Å²) in [5, 5.41) is 9.62. The van der Waals surface area contributed by atoms with Crippen LogP contribution >= 0.6 is 0 Å². The van der Waals surface area contributed by atoms with Crippen LogP contribution < -0.4 is 9.47 Å². The Morgan fingerprint density at radius 1 is 0.698 bits per heavy atom. The molecule has 0 bridgehead atoms. The van der Waals surface area contributed by atoms with Crippen molar-refractivity contribution in [2.24, 2.45) is 0 Å². The second-order valence-corrected chi connectivity index (χ2v) is 9.83. The molecule has 6 aromatic rings. The van der Waals surface area contributed by atoms with Crippen LogP contribution in [0.2, 0.25) is 0 Å². The van der Waals surface area contributed by atoms with Gasteiger partial charge in [-0.25, -0.2) is 14.2 Å². The number of aromatic nitrogens is 2. The van der Waals surface area contributed by atoms with E-state index in [0.29, 0.717) is 47.5 Å². The highest BCUT2D eigenvalue weighted by atomic mass is 19.1. The van der Waals surface area contributed by atoms with Gasteiger partial charge in [0.25, 0.3) is 0 Å². The molecule has 5 aromatic carbocycles. The predicted octanol–water partition coefficient (Wildman–Crippen LogP) is 8.20. The summed E-state index contributed by atoms with van der Waals surface area (Å²) in [7, 11) is 0. The van der Waals surface area contributed by atoms with Crippen molar-refractivity contribution in [3.63, 3.8) is 0 Å². The van der Waals surface area contributed by atoms with Gasteiger partial charge in [0, 0.05) is 17.4 Å². The molecule has 43 heavy (non-hydrogen) atoms. The average Bonchev–Trinajstić information content (AvgIpc) is 3.49. The summed E-state index contributed by atoms with van der Waals surface area (Å²) in [5.74, 6) is -0.434. The monoisotopic (exact) mass is 570 g/mol. The van der Waals surface area contributed by atoms with Crippen LogP contribution in [-0.4, -0.2) is 20.6 Å². The minimum Gasteiger partial charge on any atom is -0.488 e. The Hall–Kier alpha value is -5.69. The Morgan fingerprint density at radius 2 is 1.23 bits per heavy atom. The number of halogens is 1. The standard InChI is InChI=1S/C36H27FN2O4/c37-31-20-19-27(21-30(31)36(40)41)39-22-32(28-15-7-9-17-33(28)42-23-25-11-3-1-4-12-25)38-35(39)29-16-8-10-18-34(29)43-24-26-13-5-2-6-14-26/h1-22H,23-24H2,(H,40,41). The lowest BCUT2D eigenvalue weighted by Crippen LogP contribution is -2.04. The van der Waals surface area contributed by atoms with Crippen molar-refractivity contribution < 1.29 is 23.8 Å². The summed E-state index contributed by atoms with van der Waals surface area (Å²) in [6, 6.07) is 38.8. The topological polar surface area (TPSA) is 73.6 Å². The number of carboxylic acids is 1. The first-order valence-electron chi connectivity index (χ1n) is 13.7. The molecule has 212 valence electrons. The summed E-state index contributed by atoms with van der Waals surface area (Å²) in [4.78, 5) is 16.8. The Morgan fingerprint density at radius 3 is 1.84 bits per heavy atom. The van der Waals surface area contributed by atoms with Gasteiger partial charge in [0.05, 0.1) is 16.8 Å². The number of carboxylic acid groups (broad SMARTS) is 1. The third-order valence-electron chi connectivity index (χ3n) is 6.93. The van der Waals surface area contributed by atoms with Gasteiger partial charge in [-0.05, 0) is 53.6 Å². The molecular formula is C36H27FN2O4. The predicted molar refractivity (Wildman–Crippen MR) is 163 cm³/mol. The highest BCUT2D eigenvalue weighted by Crippen LogP contribution is 2.37. The molecule has 0 saturated heterocycles. The molecular weight excluding hydrogens is 543 g/mol. The van der Waals surface area contributed by atoms with Crippen molar-refractivity contribution in [1.82, 2.24) is 9.55 Å². The van der Waals surface area contributed by atoms with E-state index >= 15 is 0 Å². The van der Waals surface area contributed by atoms with Crippen molar-refractivity contribution in [3.8, 4) is 39.8 Å². The van der Waals surface area contributed by atoms with E-state index in [2.05, 4.69) is 0 Å². The van der Waals surface area contributed by atoms with Crippen LogP contribution in [0, 0.1) is 5.82 Å². The molecule has 0 spiro atoms. The first-order valence-corrected chi connectivity index (χ1v) is 13.7. The lowest BCUT2D eigenvalue weighted by atomic mass is 10.1. The number of hydrogen-bond acceptors (Lipinski definition) is 4. The highest BCUT2D eigenvalue weighted by molar-refractivity contribution is 5.88. The molecule has 6 rings (SSSR count). The van der Waals surface area contributed by atoms with Gasteiger partial charge < -0.3 is 14.6 Å². The number of imidazole rings is 1. The third kappa shape index (κ3) is 6.16. The van der Waals surface area contributed by atoms with Gasteiger partial charge in [0.2, 0.25) is 0 Å². The van der Waals surface area contributed by atoms with Crippen LogP contribution in [0.25, 0.3) is 28.3 Å². The lowest BCUT2D eigenvalue weighted by Gasteiger charge is -2.13. The molecule has 6 nitrogen and oxygen atoms in total. The molecule has 0 aliphatic rings. The molecule has 0 radical (unpaired) electrons. The van der Waals surface area contributed by atoms with E-state index < -0.39 is 17.3 Å². The Balaban J connectivity index is 1.45. The third-order valence-corrected chi connectivity index (χ3v) is 6.93. The van der Waals surface area contributed by atoms with Crippen molar-refractivity contribution >= 4 is 5.97 Å². The fourth-order valence-corrected chi connectivity index (χ4v) is 4.78. The van der Waals surface area contributed by atoms with Crippen LogP contribution in [0.1, 0.15) is 21.5 Å². The zero-order valence-electron chi connectivity index (χ0n) is 23.1. The zero-order chi connectivity index (χ0) is 29.6. The normalized spacial score (nSPS) is 10.8. The number of carbonyl (C=O) groups is 1. The molecule has 0 atom stereocenters. The molecule has 0 unspecified atom stereocenters. The minimum absolute atomic E-state index is 0.349. The SMILES string of the molecule is O=C(O)c1cc(-n2cc(-c3ccccc3OCc3ccccc3)nc2-c2ccccc2OCc2ccccc2)ccc1F. The Bertz CT molecular complexity index is 1870. The largest absolute Gasteiger partial charge is 0.488 e. The van der Waals surface area contributed by atoms with Crippen LogP contribution in [0.3, 0.4) is 0 Å². The molecule has 7 heteroatoms. The lowest BCUT2D eigenvalue weighted by molar-refractivity contribution is 0.0692. The summed E-state index contributed by atoms with van der Waals surface area (Å²) >= 11 is 0. The molecule has 1 heterocycles. The summed E-state index contributed by atoms with van der Waals surface area (Å²) in [6.45, 7) is 0.725. The quantitative estimate of drug-likeness (QED) is 0.180. The van der Waals surface area contributed by atoms with E-state index in [1.807, 2.05) is 109 Å². The van der Waals surface area contributed by atoms with Crippen LogP contribution in [0.4, 0.5) is 4.39 Å². The van der Waals surface area contributed by atoms with Crippen LogP contribution in [0.5, 0.6) is 11.5 Å². The van der Waals surface area contributed by atoms with Gasteiger partial charge in [-0.2, -0.15) is 0 Å². The van der Waals surface area contributed by atoms with Gasteiger partial charge in [-0.1, -0.05) is 84.9 Å². The van der Waals surface area contributed by atoms with Gasteiger partial charge in [0.15, 0.2) is 0 Å². The van der Waals surface area contributed by atoms with E-state index in [1.54, 1.807) is 10.8 Å². The molecule has 1 N–H and O–H groups in total. The maximum Gasteiger partial charge on any atom is 0.338 e.